The Labute approximate surface area is 269 Å². The smallest absolute Gasteiger partial charge is 0.260 e. The van der Waals surface area contributed by atoms with Gasteiger partial charge in [0.05, 0.1) is 12.1 Å². The van der Waals surface area contributed by atoms with Crippen LogP contribution in [0.2, 0.25) is 0 Å². The molecule has 0 saturated heterocycles. The zero-order valence-corrected chi connectivity index (χ0v) is 27.0. The average Bonchev–Trinajstić information content (AvgIpc) is 3.69. The Kier molecular flexibility index (Phi) is 8.88. The van der Waals surface area contributed by atoms with E-state index in [0.717, 1.165) is 54.5 Å². The van der Waals surface area contributed by atoms with Crippen molar-refractivity contribution in [3.63, 3.8) is 0 Å². The summed E-state index contributed by atoms with van der Waals surface area (Å²) in [5, 5.41) is 18.6. The second kappa shape index (κ2) is 12.9. The number of allylic oxidation sites excluding steroid dienone is 1. The van der Waals surface area contributed by atoms with Gasteiger partial charge >= 0.3 is 0 Å². The van der Waals surface area contributed by atoms with Crippen LogP contribution < -0.4 is 4.90 Å². The fraction of sp³-hybridized carbons (Fsp3) is 0.405. The second-order valence-electron chi connectivity index (χ2n) is 13.1. The topological polar surface area (TPSA) is 84.1 Å². The third-order valence-electron chi connectivity index (χ3n) is 8.97. The molecule has 0 bridgehead atoms. The van der Waals surface area contributed by atoms with E-state index in [4.69, 9.17) is 4.98 Å². The molecule has 2 aromatic carbocycles. The van der Waals surface area contributed by atoms with Crippen molar-refractivity contribution in [1.82, 2.24) is 19.7 Å². The minimum Gasteiger partial charge on any atom is -0.390 e. The largest absolute Gasteiger partial charge is 0.390 e. The molecule has 1 aliphatic heterocycles. The molecule has 7 rings (SSSR count). The number of pyridine rings is 1. The van der Waals surface area contributed by atoms with E-state index in [1.807, 2.05) is 25.1 Å². The van der Waals surface area contributed by atoms with Gasteiger partial charge in [0.15, 0.2) is 5.82 Å². The summed E-state index contributed by atoms with van der Waals surface area (Å²) in [5.41, 5.74) is 4.85. The number of aromatic nitrogens is 4. The molecular weight excluding hydrogens is 584 g/mol. The highest BCUT2D eigenvalue weighted by Crippen LogP contribution is 2.43. The van der Waals surface area contributed by atoms with Gasteiger partial charge in [0.25, 0.3) is 5.91 Å². The molecule has 2 fully saturated rings. The lowest BCUT2D eigenvalue weighted by atomic mass is 9.76. The molecule has 46 heavy (non-hydrogen) atoms. The minimum atomic E-state index is -0.607. The first kappa shape index (κ1) is 31.7. The molecule has 0 radical (unpaired) electrons. The van der Waals surface area contributed by atoms with E-state index in [1.54, 1.807) is 30.1 Å². The van der Waals surface area contributed by atoms with Crippen LogP contribution in [0.15, 0.2) is 60.4 Å². The number of hydrogen-bond donors (Lipinski definition) is 1. The molecule has 0 atom stereocenters. The lowest BCUT2D eigenvalue weighted by molar-refractivity contribution is -0.0322. The maximum absolute atomic E-state index is 15.4. The number of halogens is 2. The van der Waals surface area contributed by atoms with Crippen LogP contribution in [-0.2, 0) is 20.0 Å². The number of aryl methyl sites for hydroxylation is 1. The van der Waals surface area contributed by atoms with E-state index in [0.29, 0.717) is 46.7 Å². The normalized spacial score (nSPS) is 17.0. The second-order valence-corrected chi connectivity index (χ2v) is 13.1. The lowest BCUT2D eigenvalue weighted by Crippen LogP contribution is -2.36. The summed E-state index contributed by atoms with van der Waals surface area (Å²) in [7, 11) is 1.80. The summed E-state index contributed by atoms with van der Waals surface area (Å²) in [6, 6.07) is 11.6. The first-order chi connectivity index (χ1) is 22.1. The summed E-state index contributed by atoms with van der Waals surface area (Å²) < 4.78 is 31.6. The van der Waals surface area contributed by atoms with E-state index in [9.17, 15) is 14.3 Å². The molecule has 3 heterocycles. The van der Waals surface area contributed by atoms with Crippen LogP contribution in [0.3, 0.4) is 0 Å². The van der Waals surface area contributed by atoms with Crippen LogP contribution in [0.1, 0.15) is 98.8 Å². The van der Waals surface area contributed by atoms with Crippen molar-refractivity contribution in [2.75, 3.05) is 4.90 Å². The number of carbonyl (C=O) groups excluding carboxylic acids is 1. The maximum Gasteiger partial charge on any atom is 0.260 e. The van der Waals surface area contributed by atoms with E-state index in [-0.39, 0.29) is 24.2 Å². The lowest BCUT2D eigenvalue weighted by Gasteiger charge is -2.37. The predicted molar refractivity (Wildman–Crippen MR) is 175 cm³/mol. The van der Waals surface area contributed by atoms with Gasteiger partial charge in [-0.3, -0.25) is 9.69 Å². The molecule has 1 N–H and O–H groups in total. The van der Waals surface area contributed by atoms with Gasteiger partial charge in [0, 0.05) is 35.3 Å². The number of aliphatic hydroxyl groups is 1. The molecule has 1 amide bonds. The molecule has 7 nitrogen and oxygen atoms in total. The SMILES string of the molecule is C/C(=C/Cc1cc(F)c2c(c1)C(=O)N(c1cc(-c3ccc(F)cc3-c3nncn3C)cc(C3CC3)n1)C2)CC1(O)CCC1.CCC. The number of rotatable bonds is 8. The highest BCUT2D eigenvalue weighted by Gasteiger charge is 2.35. The molecule has 0 unspecified atom stereocenters. The molecule has 0 spiro atoms. The Bertz CT molecular complexity index is 1810. The standard InChI is InChI=1S/C34H33F2N5O2.C3H8/c1-20(17-34(43)10-3-11-34)4-5-21-12-27-28(29(36)13-21)18-41(33(27)42)31-15-23(14-30(38-31)22-6-7-22)25-9-8-24(35)16-26(25)32-39-37-19-40(32)2;1-3-2/h4,8-9,12-16,19,22,43H,3,5-7,10-11,17-18H2,1-2H3;3H2,1-2H3/b20-4-;. The van der Waals surface area contributed by atoms with Crippen LogP contribution in [0.4, 0.5) is 14.6 Å². The predicted octanol–water partition coefficient (Wildman–Crippen LogP) is 8.07. The van der Waals surface area contributed by atoms with Gasteiger partial charge in [-0.15, -0.1) is 10.2 Å². The molecule has 3 aliphatic rings. The van der Waals surface area contributed by atoms with Gasteiger partial charge in [-0.05, 0) is 105 Å². The third-order valence-corrected chi connectivity index (χ3v) is 8.97. The van der Waals surface area contributed by atoms with Gasteiger partial charge in [-0.2, -0.15) is 0 Å². The van der Waals surface area contributed by atoms with Crippen LogP contribution in [-0.4, -0.2) is 36.4 Å². The highest BCUT2D eigenvalue weighted by molar-refractivity contribution is 6.10. The van der Waals surface area contributed by atoms with Gasteiger partial charge in [0.2, 0.25) is 0 Å². The quantitative estimate of drug-likeness (QED) is 0.200. The van der Waals surface area contributed by atoms with Gasteiger partial charge in [0.1, 0.15) is 23.8 Å². The van der Waals surface area contributed by atoms with Crippen molar-refractivity contribution in [1.29, 1.82) is 0 Å². The number of nitrogens with zero attached hydrogens (tertiary/aromatic N) is 5. The first-order valence-electron chi connectivity index (χ1n) is 16.3. The first-order valence-corrected chi connectivity index (χ1v) is 16.3. The fourth-order valence-corrected chi connectivity index (χ4v) is 6.27. The maximum atomic E-state index is 15.4. The van der Waals surface area contributed by atoms with Crippen molar-refractivity contribution < 1.29 is 18.7 Å². The number of amides is 1. The zero-order chi connectivity index (χ0) is 32.6. The van der Waals surface area contributed by atoms with E-state index < -0.39 is 11.4 Å². The number of benzene rings is 2. The van der Waals surface area contributed by atoms with E-state index >= 15 is 4.39 Å². The number of hydrogen-bond acceptors (Lipinski definition) is 5. The Balaban J connectivity index is 0.00000119. The zero-order valence-electron chi connectivity index (χ0n) is 27.0. The average molecular weight is 626 g/mol. The molecule has 4 aromatic rings. The van der Waals surface area contributed by atoms with E-state index in [1.165, 1.54) is 29.5 Å². The van der Waals surface area contributed by atoms with Crippen LogP contribution in [0.25, 0.3) is 22.5 Å². The van der Waals surface area contributed by atoms with Crippen molar-refractivity contribution in [2.45, 2.75) is 90.2 Å². The minimum absolute atomic E-state index is 0.0856. The Hall–Kier alpha value is -4.24. The van der Waals surface area contributed by atoms with Gasteiger partial charge < -0.3 is 9.67 Å². The fourth-order valence-electron chi connectivity index (χ4n) is 6.27. The van der Waals surface area contributed by atoms with Crippen LogP contribution in [0, 0.1) is 11.6 Å². The Morgan fingerprint density at radius 1 is 1.07 bits per heavy atom. The van der Waals surface area contributed by atoms with Crippen LogP contribution >= 0.6 is 0 Å². The molecule has 2 aliphatic carbocycles. The van der Waals surface area contributed by atoms with Crippen molar-refractivity contribution in [2.24, 2.45) is 7.05 Å². The third kappa shape index (κ3) is 6.51. The number of fused-ring (bicyclic) bond motifs is 1. The van der Waals surface area contributed by atoms with Crippen molar-refractivity contribution in [3.8, 4) is 22.5 Å². The Morgan fingerprint density at radius 3 is 2.48 bits per heavy atom. The molecule has 2 aromatic heterocycles. The van der Waals surface area contributed by atoms with Gasteiger partial charge in [-0.25, -0.2) is 13.8 Å². The van der Waals surface area contributed by atoms with Crippen LogP contribution in [0.5, 0.6) is 0 Å². The monoisotopic (exact) mass is 625 g/mol. The van der Waals surface area contributed by atoms with Crippen molar-refractivity contribution >= 4 is 11.7 Å². The van der Waals surface area contributed by atoms with E-state index in [2.05, 4.69) is 24.0 Å². The summed E-state index contributed by atoms with van der Waals surface area (Å²) >= 11 is 0. The summed E-state index contributed by atoms with van der Waals surface area (Å²) in [4.78, 5) is 20.2. The number of carbonyl (C=O) groups is 1. The molecule has 9 heteroatoms. The summed E-state index contributed by atoms with van der Waals surface area (Å²) in [6.07, 6.45) is 10.6. The van der Waals surface area contributed by atoms with Crippen molar-refractivity contribution in [3.05, 3.63) is 94.5 Å². The molecular formula is C37H41F2N5O2. The summed E-state index contributed by atoms with van der Waals surface area (Å²) in [6.45, 7) is 6.32. The Morgan fingerprint density at radius 2 is 1.83 bits per heavy atom. The molecule has 2 saturated carbocycles. The highest BCUT2D eigenvalue weighted by atomic mass is 19.1. The summed E-state index contributed by atoms with van der Waals surface area (Å²) in [5.74, 6) is 0.158. The van der Waals surface area contributed by atoms with Gasteiger partial charge in [-0.1, -0.05) is 38.0 Å². The number of anilines is 1. The molecule has 240 valence electrons.